The van der Waals surface area contributed by atoms with Crippen LogP contribution in [0.2, 0.25) is 0 Å². The number of benzene rings is 1. The maximum absolute atomic E-state index is 5.52. The Kier molecular flexibility index (Phi) is 2.57. The minimum Gasteiger partial charge on any atom is -0.493 e. The smallest absolute Gasteiger partial charge is 0.234 e. The zero-order valence-corrected chi connectivity index (χ0v) is 11.5. The van der Waals surface area contributed by atoms with Gasteiger partial charge in [-0.1, -0.05) is 5.16 Å². The highest BCUT2D eigenvalue weighted by atomic mass is 16.5. The molecule has 1 unspecified atom stereocenters. The normalized spacial score (nSPS) is 24.6. The summed E-state index contributed by atoms with van der Waals surface area (Å²) >= 11 is 0. The predicted octanol–water partition coefficient (Wildman–Crippen LogP) is 1.92. The zero-order valence-electron chi connectivity index (χ0n) is 11.5. The predicted molar refractivity (Wildman–Crippen MR) is 73.8 cm³/mol. The topological polar surface area (TPSA) is 60.2 Å². The van der Waals surface area contributed by atoms with Gasteiger partial charge in [-0.3, -0.25) is 0 Å². The Morgan fingerprint density at radius 1 is 1.35 bits per heavy atom. The fourth-order valence-electron chi connectivity index (χ4n) is 2.91. The molecule has 1 atom stereocenters. The summed E-state index contributed by atoms with van der Waals surface area (Å²) in [5, 5.41) is 7.50. The Bertz CT molecular complexity index is 644. The van der Waals surface area contributed by atoms with Crippen molar-refractivity contribution in [2.45, 2.75) is 25.2 Å². The molecule has 20 heavy (non-hydrogen) atoms. The maximum Gasteiger partial charge on any atom is 0.234 e. The van der Waals surface area contributed by atoms with Gasteiger partial charge in [-0.05, 0) is 43.7 Å². The Labute approximate surface area is 117 Å². The van der Waals surface area contributed by atoms with Crippen LogP contribution in [-0.4, -0.2) is 29.8 Å². The van der Waals surface area contributed by atoms with Crippen molar-refractivity contribution < 1.29 is 9.26 Å². The van der Waals surface area contributed by atoms with Crippen molar-refractivity contribution in [3.63, 3.8) is 0 Å². The van der Waals surface area contributed by atoms with Gasteiger partial charge in [0.2, 0.25) is 11.7 Å². The molecular weight excluding hydrogens is 254 g/mol. The minimum atomic E-state index is -0.0366. The van der Waals surface area contributed by atoms with Crippen LogP contribution in [0.25, 0.3) is 11.4 Å². The van der Waals surface area contributed by atoms with Gasteiger partial charge in [0, 0.05) is 18.5 Å². The van der Waals surface area contributed by atoms with Gasteiger partial charge in [0.1, 0.15) is 5.75 Å². The number of aromatic nitrogens is 2. The van der Waals surface area contributed by atoms with Gasteiger partial charge in [0.15, 0.2) is 0 Å². The van der Waals surface area contributed by atoms with E-state index in [0.29, 0.717) is 5.82 Å². The molecule has 3 heterocycles. The van der Waals surface area contributed by atoms with E-state index in [1.54, 1.807) is 0 Å². The lowest BCUT2D eigenvalue weighted by Gasteiger charge is -2.15. The Morgan fingerprint density at radius 2 is 2.30 bits per heavy atom. The average Bonchev–Trinajstić information content (AvgIpc) is 3.18. The van der Waals surface area contributed by atoms with Crippen LogP contribution in [0.3, 0.4) is 0 Å². The van der Waals surface area contributed by atoms with E-state index in [0.717, 1.165) is 49.7 Å². The lowest BCUT2D eigenvalue weighted by Crippen LogP contribution is -2.25. The van der Waals surface area contributed by atoms with Crippen molar-refractivity contribution in [3.05, 3.63) is 29.7 Å². The lowest BCUT2D eigenvalue weighted by atomic mass is 9.90. The first-order chi connectivity index (χ1) is 9.74. The van der Waals surface area contributed by atoms with E-state index in [1.165, 1.54) is 5.56 Å². The summed E-state index contributed by atoms with van der Waals surface area (Å²) in [5.74, 6) is 2.38. The summed E-state index contributed by atoms with van der Waals surface area (Å²) in [7, 11) is 0. The number of fused-ring (bicyclic) bond motifs is 1. The second-order valence-electron chi connectivity index (χ2n) is 5.83. The Hall–Kier alpha value is -1.88. The summed E-state index contributed by atoms with van der Waals surface area (Å²) in [6.07, 6.45) is 1.99. The fraction of sp³-hybridized carbons (Fsp3) is 0.467. The third-order valence-corrected chi connectivity index (χ3v) is 4.26. The number of rotatable bonds is 2. The van der Waals surface area contributed by atoms with E-state index in [4.69, 9.17) is 9.26 Å². The van der Waals surface area contributed by atoms with Gasteiger partial charge in [0.05, 0.1) is 12.0 Å². The van der Waals surface area contributed by atoms with E-state index >= 15 is 0 Å². The van der Waals surface area contributed by atoms with Gasteiger partial charge >= 0.3 is 0 Å². The number of nitrogens with zero attached hydrogens (tertiary/aromatic N) is 2. The number of nitrogens with one attached hydrogen (secondary N) is 1. The van der Waals surface area contributed by atoms with Crippen molar-refractivity contribution in [1.29, 1.82) is 0 Å². The Morgan fingerprint density at radius 3 is 3.15 bits per heavy atom. The molecule has 0 saturated carbocycles. The monoisotopic (exact) mass is 271 g/mol. The van der Waals surface area contributed by atoms with E-state index in [-0.39, 0.29) is 5.41 Å². The van der Waals surface area contributed by atoms with Crippen molar-refractivity contribution in [3.8, 4) is 17.1 Å². The molecule has 2 aliphatic heterocycles. The molecule has 4 rings (SSSR count). The number of hydrogen-bond donors (Lipinski definition) is 1. The van der Waals surface area contributed by atoms with E-state index in [1.807, 2.05) is 12.1 Å². The molecule has 0 bridgehead atoms. The van der Waals surface area contributed by atoms with Crippen LogP contribution in [0.15, 0.2) is 22.7 Å². The molecule has 1 saturated heterocycles. The van der Waals surface area contributed by atoms with Gasteiger partial charge in [-0.15, -0.1) is 0 Å². The standard InChI is InChI=1S/C15H17N3O2/c1-15(5-6-16-9-15)14-17-13(18-20-14)11-2-3-12-10(8-11)4-7-19-12/h2-3,8,16H,4-7,9H2,1H3. The molecular formula is C15H17N3O2. The van der Waals surface area contributed by atoms with Crippen LogP contribution in [-0.2, 0) is 11.8 Å². The van der Waals surface area contributed by atoms with Crippen molar-refractivity contribution in [2.75, 3.05) is 19.7 Å². The first-order valence-corrected chi connectivity index (χ1v) is 7.06. The number of hydrogen-bond acceptors (Lipinski definition) is 5. The van der Waals surface area contributed by atoms with Crippen molar-refractivity contribution in [2.24, 2.45) is 0 Å². The van der Waals surface area contributed by atoms with Gasteiger partial charge in [-0.25, -0.2) is 0 Å². The van der Waals surface area contributed by atoms with Gasteiger partial charge in [0.25, 0.3) is 0 Å². The second-order valence-corrected chi connectivity index (χ2v) is 5.83. The molecule has 0 aliphatic carbocycles. The largest absolute Gasteiger partial charge is 0.493 e. The molecule has 0 radical (unpaired) electrons. The molecule has 5 nitrogen and oxygen atoms in total. The molecule has 5 heteroatoms. The summed E-state index contributed by atoms with van der Waals surface area (Å²) < 4.78 is 11.0. The van der Waals surface area contributed by atoms with Crippen LogP contribution < -0.4 is 10.1 Å². The first-order valence-electron chi connectivity index (χ1n) is 7.06. The molecule has 0 amide bonds. The second kappa shape index (κ2) is 4.31. The van der Waals surface area contributed by atoms with Crippen LogP contribution in [0.4, 0.5) is 0 Å². The highest BCUT2D eigenvalue weighted by molar-refractivity contribution is 5.59. The molecule has 2 aliphatic rings. The SMILES string of the molecule is CC1(c2nc(-c3ccc4c(c3)CCO4)no2)CCNC1. The van der Waals surface area contributed by atoms with Crippen molar-refractivity contribution in [1.82, 2.24) is 15.5 Å². The molecule has 1 fully saturated rings. The van der Waals surface area contributed by atoms with Crippen LogP contribution in [0.1, 0.15) is 24.8 Å². The summed E-state index contributed by atoms with van der Waals surface area (Å²) in [4.78, 5) is 4.60. The highest BCUT2D eigenvalue weighted by Crippen LogP contribution is 2.32. The van der Waals surface area contributed by atoms with Gasteiger partial charge < -0.3 is 14.6 Å². The molecule has 1 N–H and O–H groups in total. The third kappa shape index (κ3) is 1.81. The van der Waals surface area contributed by atoms with E-state index in [9.17, 15) is 0 Å². The fourth-order valence-corrected chi connectivity index (χ4v) is 2.91. The number of ether oxygens (including phenoxy) is 1. The maximum atomic E-state index is 5.52. The van der Waals surface area contributed by atoms with Crippen LogP contribution >= 0.6 is 0 Å². The van der Waals surface area contributed by atoms with Crippen LogP contribution in [0.5, 0.6) is 5.75 Å². The third-order valence-electron chi connectivity index (χ3n) is 4.26. The summed E-state index contributed by atoms with van der Waals surface area (Å²) in [5.41, 5.74) is 2.19. The quantitative estimate of drug-likeness (QED) is 0.904. The van der Waals surface area contributed by atoms with Crippen molar-refractivity contribution >= 4 is 0 Å². The van der Waals surface area contributed by atoms with Gasteiger partial charge in [-0.2, -0.15) is 4.98 Å². The lowest BCUT2D eigenvalue weighted by molar-refractivity contribution is 0.306. The molecule has 104 valence electrons. The Balaban J connectivity index is 1.68. The average molecular weight is 271 g/mol. The van der Waals surface area contributed by atoms with E-state index < -0.39 is 0 Å². The molecule has 0 spiro atoms. The molecule has 2 aromatic rings. The molecule has 1 aromatic carbocycles. The van der Waals surface area contributed by atoms with Crippen LogP contribution in [0, 0.1) is 0 Å². The summed E-state index contributed by atoms with van der Waals surface area (Å²) in [6.45, 7) is 4.83. The molecule has 1 aromatic heterocycles. The first kappa shape index (κ1) is 11.9. The minimum absolute atomic E-state index is 0.0366. The summed E-state index contributed by atoms with van der Waals surface area (Å²) in [6, 6.07) is 6.09. The van der Waals surface area contributed by atoms with E-state index in [2.05, 4.69) is 28.4 Å². The zero-order chi connectivity index (χ0) is 13.6. The highest BCUT2D eigenvalue weighted by Gasteiger charge is 2.36.